The van der Waals surface area contributed by atoms with Crippen molar-refractivity contribution in [2.45, 2.75) is 6.54 Å². The summed E-state index contributed by atoms with van der Waals surface area (Å²) in [6, 6.07) is 17.3. The van der Waals surface area contributed by atoms with Crippen LogP contribution in [0.1, 0.15) is 5.56 Å². The summed E-state index contributed by atoms with van der Waals surface area (Å²) in [5, 5.41) is 0. The van der Waals surface area contributed by atoms with Crippen molar-refractivity contribution in [3.05, 3.63) is 66.5 Å². The number of imidazole rings is 1. The van der Waals surface area contributed by atoms with E-state index in [9.17, 15) is 4.79 Å². The summed E-state index contributed by atoms with van der Waals surface area (Å²) in [7, 11) is 1.63. The minimum atomic E-state index is -0.195. The zero-order valence-electron chi connectivity index (χ0n) is 13.6. The van der Waals surface area contributed by atoms with Gasteiger partial charge in [0.1, 0.15) is 6.33 Å². The number of ether oxygens (including phenoxy) is 1. The van der Waals surface area contributed by atoms with Crippen LogP contribution in [-0.2, 0) is 11.3 Å². The molecule has 0 bridgehead atoms. The van der Waals surface area contributed by atoms with Gasteiger partial charge in [-0.1, -0.05) is 42.5 Å². The zero-order chi connectivity index (χ0) is 16.8. The van der Waals surface area contributed by atoms with Crippen LogP contribution in [0.4, 0.5) is 4.79 Å². The van der Waals surface area contributed by atoms with Crippen molar-refractivity contribution in [1.29, 1.82) is 0 Å². The minimum Gasteiger partial charge on any atom is -0.383 e. The van der Waals surface area contributed by atoms with Gasteiger partial charge in [0.25, 0.3) is 0 Å². The molecule has 0 saturated heterocycles. The molecule has 0 fully saturated rings. The van der Waals surface area contributed by atoms with E-state index in [1.807, 2.05) is 54.6 Å². The van der Waals surface area contributed by atoms with Gasteiger partial charge in [0, 0.05) is 20.2 Å². The Bertz CT molecular complexity index is 801. The van der Waals surface area contributed by atoms with Gasteiger partial charge >= 0.3 is 6.03 Å². The molecule has 2 amide bonds. The van der Waals surface area contributed by atoms with Crippen LogP contribution in [-0.4, -0.2) is 40.9 Å². The van der Waals surface area contributed by atoms with E-state index in [2.05, 4.69) is 10.4 Å². The Balaban J connectivity index is 1.75. The third kappa shape index (κ3) is 3.72. The average molecular weight is 324 g/mol. The number of rotatable bonds is 6. The monoisotopic (exact) mass is 324 g/mol. The number of carbonyl (C=O) groups excluding carboxylic acids is 1. The van der Waals surface area contributed by atoms with E-state index in [0.717, 1.165) is 16.6 Å². The number of para-hydroxylation sites is 2. The van der Waals surface area contributed by atoms with E-state index >= 15 is 0 Å². The number of nitrogens with one attached hydrogen (secondary N) is 1. The summed E-state index contributed by atoms with van der Waals surface area (Å²) in [5.41, 5.74) is 5.64. The number of benzene rings is 2. The van der Waals surface area contributed by atoms with Gasteiger partial charge in [-0.2, -0.15) is 0 Å². The van der Waals surface area contributed by atoms with E-state index in [1.165, 1.54) is 0 Å². The van der Waals surface area contributed by atoms with Gasteiger partial charge in [-0.15, -0.1) is 0 Å². The second kappa shape index (κ2) is 7.61. The van der Waals surface area contributed by atoms with Gasteiger partial charge < -0.3 is 9.64 Å². The van der Waals surface area contributed by atoms with Gasteiger partial charge in [-0.25, -0.2) is 19.9 Å². The Kier molecular flexibility index (Phi) is 5.08. The Morgan fingerprint density at radius 2 is 1.92 bits per heavy atom. The molecule has 6 heteroatoms. The highest BCUT2D eigenvalue weighted by molar-refractivity contribution is 5.85. The SMILES string of the molecule is COCCN(Cc1ccccc1)C(=O)Nn1cnc2ccccc21. The summed E-state index contributed by atoms with van der Waals surface area (Å²) in [6.45, 7) is 1.50. The Hall–Kier alpha value is -2.86. The normalized spacial score (nSPS) is 10.7. The Morgan fingerprint density at radius 3 is 2.71 bits per heavy atom. The highest BCUT2D eigenvalue weighted by Gasteiger charge is 2.15. The number of methoxy groups -OCH3 is 1. The van der Waals surface area contributed by atoms with Crippen molar-refractivity contribution in [3.8, 4) is 0 Å². The second-order valence-corrected chi connectivity index (χ2v) is 5.42. The maximum Gasteiger partial charge on any atom is 0.336 e. The standard InChI is InChI=1S/C18H20N4O2/c1-24-12-11-21(13-15-7-3-2-4-8-15)18(23)20-22-14-19-16-9-5-6-10-17(16)22/h2-10,14H,11-13H2,1H3,(H,20,23). The van der Waals surface area contributed by atoms with Crippen LogP contribution in [0.15, 0.2) is 60.9 Å². The van der Waals surface area contributed by atoms with E-state index in [0.29, 0.717) is 19.7 Å². The molecule has 2 aromatic carbocycles. The smallest absolute Gasteiger partial charge is 0.336 e. The van der Waals surface area contributed by atoms with Crippen LogP contribution in [0, 0.1) is 0 Å². The second-order valence-electron chi connectivity index (χ2n) is 5.42. The number of amides is 2. The molecule has 0 unspecified atom stereocenters. The predicted molar refractivity (Wildman–Crippen MR) is 93.2 cm³/mol. The Labute approximate surface area is 140 Å². The van der Waals surface area contributed by atoms with Crippen molar-refractivity contribution in [3.63, 3.8) is 0 Å². The lowest BCUT2D eigenvalue weighted by molar-refractivity contribution is 0.151. The van der Waals surface area contributed by atoms with Crippen LogP contribution in [0.3, 0.4) is 0 Å². The Morgan fingerprint density at radius 1 is 1.17 bits per heavy atom. The lowest BCUT2D eigenvalue weighted by Crippen LogP contribution is -2.39. The first kappa shape index (κ1) is 16.0. The van der Waals surface area contributed by atoms with Crippen LogP contribution in [0.2, 0.25) is 0 Å². The van der Waals surface area contributed by atoms with Crippen molar-refractivity contribution >= 4 is 17.1 Å². The molecular weight excluding hydrogens is 304 g/mol. The maximum absolute atomic E-state index is 12.7. The minimum absolute atomic E-state index is 0.195. The third-order valence-corrected chi connectivity index (χ3v) is 3.74. The first-order chi connectivity index (χ1) is 11.8. The summed E-state index contributed by atoms with van der Waals surface area (Å²) < 4.78 is 6.77. The summed E-state index contributed by atoms with van der Waals surface area (Å²) in [5.74, 6) is 0. The fraction of sp³-hybridized carbons (Fsp3) is 0.222. The van der Waals surface area contributed by atoms with Crippen LogP contribution in [0.25, 0.3) is 11.0 Å². The molecule has 124 valence electrons. The molecule has 3 aromatic rings. The van der Waals surface area contributed by atoms with Gasteiger partial charge in [0.15, 0.2) is 0 Å². The predicted octanol–water partition coefficient (Wildman–Crippen LogP) is 2.85. The highest BCUT2D eigenvalue weighted by atomic mass is 16.5. The van der Waals surface area contributed by atoms with Gasteiger partial charge in [-0.3, -0.25) is 0 Å². The average Bonchev–Trinajstić information content (AvgIpc) is 3.02. The molecule has 0 saturated carbocycles. The number of aromatic nitrogens is 2. The first-order valence-electron chi connectivity index (χ1n) is 7.79. The molecule has 0 radical (unpaired) electrons. The summed E-state index contributed by atoms with van der Waals surface area (Å²) in [6.07, 6.45) is 1.61. The number of hydrogen-bond donors (Lipinski definition) is 1. The molecule has 0 spiro atoms. The number of hydrogen-bond acceptors (Lipinski definition) is 3. The lowest BCUT2D eigenvalue weighted by atomic mass is 10.2. The van der Waals surface area contributed by atoms with E-state index in [4.69, 9.17) is 4.74 Å². The fourth-order valence-corrected chi connectivity index (χ4v) is 2.48. The van der Waals surface area contributed by atoms with Gasteiger partial charge in [-0.05, 0) is 17.7 Å². The molecule has 0 atom stereocenters. The quantitative estimate of drug-likeness (QED) is 0.758. The summed E-state index contributed by atoms with van der Waals surface area (Å²) >= 11 is 0. The van der Waals surface area contributed by atoms with Crippen LogP contribution in [0.5, 0.6) is 0 Å². The molecule has 1 N–H and O–H groups in total. The van der Waals surface area contributed by atoms with E-state index < -0.39 is 0 Å². The zero-order valence-corrected chi connectivity index (χ0v) is 13.6. The molecule has 0 aliphatic heterocycles. The lowest BCUT2D eigenvalue weighted by Gasteiger charge is -2.23. The molecule has 1 aromatic heterocycles. The van der Waals surface area contributed by atoms with Crippen molar-refractivity contribution < 1.29 is 9.53 Å². The first-order valence-corrected chi connectivity index (χ1v) is 7.79. The van der Waals surface area contributed by atoms with Crippen LogP contribution < -0.4 is 5.43 Å². The number of carbonyl (C=O) groups is 1. The highest BCUT2D eigenvalue weighted by Crippen LogP contribution is 2.11. The molecule has 1 heterocycles. The third-order valence-electron chi connectivity index (χ3n) is 3.74. The number of urea groups is 1. The topological polar surface area (TPSA) is 59.4 Å². The maximum atomic E-state index is 12.7. The molecule has 6 nitrogen and oxygen atoms in total. The molecular formula is C18H20N4O2. The van der Waals surface area contributed by atoms with E-state index in [1.54, 1.807) is 23.0 Å². The molecule has 0 aliphatic carbocycles. The molecule has 3 rings (SSSR count). The molecule has 0 aliphatic rings. The summed E-state index contributed by atoms with van der Waals surface area (Å²) in [4.78, 5) is 18.7. The van der Waals surface area contributed by atoms with Crippen molar-refractivity contribution in [2.24, 2.45) is 0 Å². The van der Waals surface area contributed by atoms with Gasteiger partial charge in [0.2, 0.25) is 0 Å². The number of nitrogens with zero attached hydrogens (tertiary/aromatic N) is 3. The van der Waals surface area contributed by atoms with Crippen molar-refractivity contribution in [1.82, 2.24) is 14.6 Å². The fourth-order valence-electron chi connectivity index (χ4n) is 2.48. The largest absolute Gasteiger partial charge is 0.383 e. The number of fused-ring (bicyclic) bond motifs is 1. The van der Waals surface area contributed by atoms with E-state index in [-0.39, 0.29) is 6.03 Å². The van der Waals surface area contributed by atoms with Gasteiger partial charge in [0.05, 0.1) is 17.6 Å². The van der Waals surface area contributed by atoms with Crippen LogP contribution >= 0.6 is 0 Å². The van der Waals surface area contributed by atoms with Crippen molar-refractivity contribution in [2.75, 3.05) is 25.7 Å². The molecule has 24 heavy (non-hydrogen) atoms.